The summed E-state index contributed by atoms with van der Waals surface area (Å²) < 4.78 is 11.5. The first kappa shape index (κ1) is 13.6. The average molecular weight is 251 g/mol. The van der Waals surface area contributed by atoms with Gasteiger partial charge in [0.15, 0.2) is 0 Å². The lowest BCUT2D eigenvalue weighted by molar-refractivity contribution is 0.0354. The third-order valence-electron chi connectivity index (χ3n) is 3.62. The third kappa shape index (κ3) is 3.36. The molecule has 1 aromatic heterocycles. The number of hydrogen-bond donors (Lipinski definition) is 1. The van der Waals surface area contributed by atoms with Crippen molar-refractivity contribution in [1.29, 1.82) is 0 Å². The van der Waals surface area contributed by atoms with Crippen molar-refractivity contribution < 1.29 is 9.15 Å². The van der Waals surface area contributed by atoms with E-state index in [4.69, 9.17) is 9.15 Å². The fourth-order valence-electron chi connectivity index (χ4n) is 2.58. The van der Waals surface area contributed by atoms with Gasteiger partial charge in [0.25, 0.3) is 0 Å². The van der Waals surface area contributed by atoms with Gasteiger partial charge in [0.2, 0.25) is 0 Å². The summed E-state index contributed by atoms with van der Waals surface area (Å²) in [6.45, 7) is 7.12. The van der Waals surface area contributed by atoms with Crippen LogP contribution in [0.4, 0.5) is 0 Å². The molecule has 2 unspecified atom stereocenters. The van der Waals surface area contributed by atoms with E-state index in [0.29, 0.717) is 12.0 Å². The predicted octanol–water partition coefficient (Wildman–Crippen LogP) is 3.31. The van der Waals surface area contributed by atoms with Crippen LogP contribution < -0.4 is 5.32 Å². The molecule has 18 heavy (non-hydrogen) atoms. The molecule has 2 rings (SSSR count). The molecule has 0 bridgehead atoms. The van der Waals surface area contributed by atoms with Crippen LogP contribution in [0.1, 0.15) is 50.7 Å². The highest BCUT2D eigenvalue weighted by atomic mass is 16.5. The van der Waals surface area contributed by atoms with Crippen molar-refractivity contribution in [2.45, 2.75) is 45.6 Å². The van der Waals surface area contributed by atoms with Crippen molar-refractivity contribution in [3.8, 4) is 0 Å². The largest absolute Gasteiger partial charge is 0.464 e. The molecule has 0 aliphatic carbocycles. The first-order valence-corrected chi connectivity index (χ1v) is 7.24. The van der Waals surface area contributed by atoms with Crippen LogP contribution in [0.15, 0.2) is 16.5 Å². The molecule has 0 spiro atoms. The summed E-state index contributed by atoms with van der Waals surface area (Å²) in [5, 5.41) is 3.62. The van der Waals surface area contributed by atoms with E-state index in [0.717, 1.165) is 50.5 Å². The number of rotatable bonds is 6. The summed E-state index contributed by atoms with van der Waals surface area (Å²) in [6, 6.07) is 4.53. The van der Waals surface area contributed by atoms with Gasteiger partial charge in [-0.3, -0.25) is 0 Å². The predicted molar refractivity (Wildman–Crippen MR) is 72.7 cm³/mol. The molecule has 1 N–H and O–H groups in total. The van der Waals surface area contributed by atoms with Crippen LogP contribution in [0.2, 0.25) is 0 Å². The summed E-state index contributed by atoms with van der Waals surface area (Å²) >= 11 is 0. The smallest absolute Gasteiger partial charge is 0.121 e. The summed E-state index contributed by atoms with van der Waals surface area (Å²) in [6.07, 6.45) is 4.49. The normalized spacial score (nSPS) is 22.0. The molecule has 1 aliphatic rings. The fraction of sp³-hybridized carbons (Fsp3) is 0.733. The van der Waals surface area contributed by atoms with E-state index in [9.17, 15) is 0 Å². The van der Waals surface area contributed by atoms with Gasteiger partial charge in [0, 0.05) is 18.9 Å². The van der Waals surface area contributed by atoms with Crippen molar-refractivity contribution in [2.24, 2.45) is 5.92 Å². The highest BCUT2D eigenvalue weighted by Gasteiger charge is 2.27. The van der Waals surface area contributed by atoms with Crippen LogP contribution in [0.3, 0.4) is 0 Å². The number of hydrogen-bond acceptors (Lipinski definition) is 3. The molecular weight excluding hydrogens is 226 g/mol. The molecule has 3 heteroatoms. The van der Waals surface area contributed by atoms with E-state index < -0.39 is 0 Å². The van der Waals surface area contributed by atoms with Gasteiger partial charge in [-0.05, 0) is 37.9 Å². The summed E-state index contributed by atoms with van der Waals surface area (Å²) in [7, 11) is 0. The Morgan fingerprint density at radius 1 is 1.39 bits per heavy atom. The van der Waals surface area contributed by atoms with Gasteiger partial charge in [-0.15, -0.1) is 0 Å². The lowest BCUT2D eigenvalue weighted by Gasteiger charge is -2.29. The van der Waals surface area contributed by atoms with Crippen molar-refractivity contribution in [1.82, 2.24) is 5.32 Å². The Labute approximate surface area is 110 Å². The average Bonchev–Trinajstić information content (AvgIpc) is 2.89. The minimum atomic E-state index is 0.311. The van der Waals surface area contributed by atoms with Gasteiger partial charge in [-0.2, -0.15) is 0 Å². The molecule has 102 valence electrons. The molecular formula is C15H25NO2. The molecule has 1 aliphatic heterocycles. The number of nitrogens with one attached hydrogen (secondary N) is 1. The van der Waals surface area contributed by atoms with Gasteiger partial charge in [0.05, 0.1) is 12.6 Å². The van der Waals surface area contributed by atoms with Gasteiger partial charge in [-0.1, -0.05) is 13.8 Å². The minimum Gasteiger partial charge on any atom is -0.464 e. The summed E-state index contributed by atoms with van der Waals surface area (Å²) in [5.41, 5.74) is 0. The summed E-state index contributed by atoms with van der Waals surface area (Å²) in [5.74, 6) is 2.70. The SMILES string of the molecule is CCCNC(c1ccc(CC)o1)C1CCCOC1. The highest BCUT2D eigenvalue weighted by Crippen LogP contribution is 2.30. The molecule has 1 fully saturated rings. The molecule has 0 amide bonds. The van der Waals surface area contributed by atoms with Crippen molar-refractivity contribution in [3.05, 3.63) is 23.7 Å². The fourth-order valence-corrected chi connectivity index (χ4v) is 2.58. The quantitative estimate of drug-likeness (QED) is 0.842. The first-order chi connectivity index (χ1) is 8.85. The first-order valence-electron chi connectivity index (χ1n) is 7.24. The van der Waals surface area contributed by atoms with Crippen LogP contribution >= 0.6 is 0 Å². The molecule has 0 aromatic carbocycles. The van der Waals surface area contributed by atoms with E-state index in [1.165, 1.54) is 6.42 Å². The van der Waals surface area contributed by atoms with Gasteiger partial charge in [0.1, 0.15) is 11.5 Å². The monoisotopic (exact) mass is 251 g/mol. The number of aryl methyl sites for hydroxylation is 1. The number of furan rings is 1. The van der Waals surface area contributed by atoms with Crippen LogP contribution in [0.25, 0.3) is 0 Å². The van der Waals surface area contributed by atoms with Gasteiger partial charge < -0.3 is 14.5 Å². The second-order valence-corrected chi connectivity index (χ2v) is 5.07. The Kier molecular flexibility index (Phi) is 5.26. The van der Waals surface area contributed by atoms with E-state index in [2.05, 4.69) is 31.3 Å². The molecule has 0 saturated carbocycles. The molecule has 0 radical (unpaired) electrons. The lowest BCUT2D eigenvalue weighted by Crippen LogP contribution is -2.33. The van der Waals surface area contributed by atoms with E-state index >= 15 is 0 Å². The molecule has 1 aromatic rings. The van der Waals surface area contributed by atoms with Gasteiger partial charge in [-0.25, -0.2) is 0 Å². The van der Waals surface area contributed by atoms with Crippen molar-refractivity contribution in [2.75, 3.05) is 19.8 Å². The van der Waals surface area contributed by atoms with E-state index in [1.54, 1.807) is 0 Å². The highest BCUT2D eigenvalue weighted by molar-refractivity contribution is 5.12. The lowest BCUT2D eigenvalue weighted by atomic mass is 9.92. The van der Waals surface area contributed by atoms with Crippen molar-refractivity contribution >= 4 is 0 Å². The van der Waals surface area contributed by atoms with Gasteiger partial charge >= 0.3 is 0 Å². The van der Waals surface area contributed by atoms with Crippen LogP contribution in [0, 0.1) is 5.92 Å². The van der Waals surface area contributed by atoms with E-state index in [-0.39, 0.29) is 0 Å². The van der Waals surface area contributed by atoms with E-state index in [1.807, 2.05) is 0 Å². The minimum absolute atomic E-state index is 0.311. The molecule has 1 saturated heterocycles. The third-order valence-corrected chi connectivity index (χ3v) is 3.62. The maximum Gasteiger partial charge on any atom is 0.121 e. The van der Waals surface area contributed by atoms with Crippen molar-refractivity contribution in [3.63, 3.8) is 0 Å². The van der Waals surface area contributed by atoms with Crippen LogP contribution in [-0.2, 0) is 11.2 Å². The molecule has 2 heterocycles. The summed E-state index contributed by atoms with van der Waals surface area (Å²) in [4.78, 5) is 0. The maximum atomic E-state index is 5.93. The zero-order valence-corrected chi connectivity index (χ0v) is 11.6. The Hall–Kier alpha value is -0.800. The number of ether oxygens (including phenoxy) is 1. The Morgan fingerprint density at radius 2 is 2.28 bits per heavy atom. The Balaban J connectivity index is 2.07. The standard InChI is InChI=1S/C15H25NO2/c1-3-9-16-15(12-6-5-10-17-11-12)14-8-7-13(4-2)18-14/h7-8,12,15-16H,3-6,9-11H2,1-2H3. The maximum absolute atomic E-state index is 5.93. The Morgan fingerprint density at radius 3 is 2.89 bits per heavy atom. The second kappa shape index (κ2) is 6.95. The Bertz CT molecular complexity index is 342. The zero-order valence-electron chi connectivity index (χ0n) is 11.6. The zero-order chi connectivity index (χ0) is 12.8. The van der Waals surface area contributed by atoms with Crippen LogP contribution in [0.5, 0.6) is 0 Å². The molecule has 3 nitrogen and oxygen atoms in total. The second-order valence-electron chi connectivity index (χ2n) is 5.07. The topological polar surface area (TPSA) is 34.4 Å². The van der Waals surface area contributed by atoms with Crippen LogP contribution in [-0.4, -0.2) is 19.8 Å². The molecule has 2 atom stereocenters.